The third-order valence-electron chi connectivity index (χ3n) is 2.82. The molecule has 0 aliphatic rings. The molecule has 1 heterocycles. The lowest BCUT2D eigenvalue weighted by Gasteiger charge is -2.08. The summed E-state index contributed by atoms with van der Waals surface area (Å²) in [6.45, 7) is 2.03. The summed E-state index contributed by atoms with van der Waals surface area (Å²) >= 11 is 3.59. The Kier molecular flexibility index (Phi) is 2.48. The van der Waals surface area contributed by atoms with Crippen LogP contribution in [0.3, 0.4) is 0 Å². The van der Waals surface area contributed by atoms with Crippen molar-refractivity contribution in [2.24, 2.45) is 0 Å². The lowest BCUT2D eigenvalue weighted by Crippen LogP contribution is -1.97. The van der Waals surface area contributed by atoms with Crippen molar-refractivity contribution in [3.8, 4) is 5.69 Å². The van der Waals surface area contributed by atoms with E-state index >= 15 is 0 Å². The highest BCUT2D eigenvalue weighted by Gasteiger charge is 2.10. The first-order valence-corrected chi connectivity index (χ1v) is 6.25. The van der Waals surface area contributed by atoms with Crippen molar-refractivity contribution in [2.75, 3.05) is 0 Å². The molecule has 0 bridgehead atoms. The average molecular weight is 287 g/mol. The number of hydrogen-bond acceptors (Lipinski definition) is 1. The summed E-state index contributed by atoms with van der Waals surface area (Å²) in [5.74, 6) is 0.998. The molecule has 0 aliphatic carbocycles. The molecular weight excluding hydrogens is 276 g/mol. The van der Waals surface area contributed by atoms with Gasteiger partial charge < -0.3 is 0 Å². The third-order valence-corrected chi connectivity index (χ3v) is 3.49. The molecule has 0 saturated carbocycles. The highest BCUT2D eigenvalue weighted by molar-refractivity contribution is 9.10. The largest absolute Gasteiger partial charge is 0.295 e. The maximum Gasteiger partial charge on any atom is 0.111 e. The fraction of sp³-hybridized carbons (Fsp3) is 0.0714. The van der Waals surface area contributed by atoms with Crippen LogP contribution in [0.5, 0.6) is 0 Å². The van der Waals surface area contributed by atoms with Gasteiger partial charge in [0.1, 0.15) is 5.82 Å². The standard InChI is InChI=1S/C14H11BrN2/c1-10-16-12-7-3-5-9-14(12)17(10)13-8-4-2-6-11(13)15/h2-9H,1H3. The molecule has 3 rings (SSSR count). The maximum absolute atomic E-state index is 4.57. The van der Waals surface area contributed by atoms with Crippen LogP contribution in [0.25, 0.3) is 16.7 Å². The van der Waals surface area contributed by atoms with Crippen LogP contribution in [-0.2, 0) is 0 Å². The molecule has 0 fully saturated rings. The van der Waals surface area contributed by atoms with E-state index in [-0.39, 0.29) is 0 Å². The molecule has 0 atom stereocenters. The summed E-state index contributed by atoms with van der Waals surface area (Å²) in [6, 6.07) is 16.4. The van der Waals surface area contributed by atoms with Gasteiger partial charge in [-0.15, -0.1) is 0 Å². The zero-order chi connectivity index (χ0) is 11.8. The maximum atomic E-state index is 4.57. The number of nitrogens with zero attached hydrogens (tertiary/aromatic N) is 2. The van der Waals surface area contributed by atoms with Crippen molar-refractivity contribution < 1.29 is 0 Å². The minimum Gasteiger partial charge on any atom is -0.295 e. The second kappa shape index (κ2) is 4.00. The minimum atomic E-state index is 0.998. The van der Waals surface area contributed by atoms with E-state index in [4.69, 9.17) is 0 Å². The Morgan fingerprint density at radius 3 is 2.53 bits per heavy atom. The Bertz CT molecular complexity index is 686. The molecular formula is C14H11BrN2. The van der Waals surface area contributed by atoms with Gasteiger partial charge >= 0.3 is 0 Å². The van der Waals surface area contributed by atoms with E-state index in [9.17, 15) is 0 Å². The van der Waals surface area contributed by atoms with Crippen molar-refractivity contribution >= 4 is 27.0 Å². The zero-order valence-electron chi connectivity index (χ0n) is 9.39. The molecule has 0 N–H and O–H groups in total. The van der Waals surface area contributed by atoms with Gasteiger partial charge in [0, 0.05) is 4.47 Å². The number of para-hydroxylation sites is 3. The van der Waals surface area contributed by atoms with Gasteiger partial charge in [-0.05, 0) is 47.1 Å². The van der Waals surface area contributed by atoms with Crippen molar-refractivity contribution in [1.29, 1.82) is 0 Å². The number of aryl methyl sites for hydroxylation is 1. The van der Waals surface area contributed by atoms with Crippen molar-refractivity contribution in [1.82, 2.24) is 9.55 Å². The fourth-order valence-electron chi connectivity index (χ4n) is 2.08. The first-order chi connectivity index (χ1) is 8.27. The van der Waals surface area contributed by atoms with E-state index in [1.165, 1.54) is 0 Å². The van der Waals surface area contributed by atoms with Gasteiger partial charge in [0.15, 0.2) is 0 Å². The van der Waals surface area contributed by atoms with Crippen LogP contribution in [0.1, 0.15) is 5.82 Å². The number of hydrogen-bond donors (Lipinski definition) is 0. The van der Waals surface area contributed by atoms with Gasteiger partial charge in [0.2, 0.25) is 0 Å². The molecule has 0 aliphatic heterocycles. The lowest BCUT2D eigenvalue weighted by atomic mass is 10.3. The second-order valence-electron chi connectivity index (χ2n) is 3.93. The highest BCUT2D eigenvalue weighted by Crippen LogP contribution is 2.26. The van der Waals surface area contributed by atoms with Crippen LogP contribution < -0.4 is 0 Å². The molecule has 1 aromatic heterocycles. The molecule has 0 radical (unpaired) electrons. The van der Waals surface area contributed by atoms with Gasteiger partial charge in [-0.25, -0.2) is 4.98 Å². The predicted molar refractivity (Wildman–Crippen MR) is 73.5 cm³/mol. The Morgan fingerprint density at radius 2 is 1.71 bits per heavy atom. The van der Waals surface area contributed by atoms with Gasteiger partial charge in [0.05, 0.1) is 16.7 Å². The molecule has 0 saturated heterocycles. The molecule has 3 heteroatoms. The Morgan fingerprint density at radius 1 is 1.00 bits per heavy atom. The number of imidazole rings is 1. The van der Waals surface area contributed by atoms with E-state index < -0.39 is 0 Å². The van der Waals surface area contributed by atoms with Crippen LogP contribution in [-0.4, -0.2) is 9.55 Å². The molecule has 2 aromatic carbocycles. The minimum absolute atomic E-state index is 0.998. The number of rotatable bonds is 1. The molecule has 0 spiro atoms. The Hall–Kier alpha value is -1.61. The van der Waals surface area contributed by atoms with Crippen molar-refractivity contribution in [3.63, 3.8) is 0 Å². The lowest BCUT2D eigenvalue weighted by molar-refractivity contribution is 0.996. The summed E-state index contributed by atoms with van der Waals surface area (Å²) in [5, 5.41) is 0. The molecule has 0 amide bonds. The second-order valence-corrected chi connectivity index (χ2v) is 4.79. The zero-order valence-corrected chi connectivity index (χ0v) is 11.0. The molecule has 2 nitrogen and oxygen atoms in total. The molecule has 84 valence electrons. The molecule has 17 heavy (non-hydrogen) atoms. The monoisotopic (exact) mass is 286 g/mol. The topological polar surface area (TPSA) is 17.8 Å². The quantitative estimate of drug-likeness (QED) is 0.659. The smallest absolute Gasteiger partial charge is 0.111 e. The summed E-state index contributed by atoms with van der Waals surface area (Å²) in [7, 11) is 0. The van der Waals surface area contributed by atoms with Gasteiger partial charge in [-0.2, -0.15) is 0 Å². The van der Waals surface area contributed by atoms with Gasteiger partial charge in [-0.3, -0.25) is 4.57 Å². The summed E-state index contributed by atoms with van der Waals surface area (Å²) < 4.78 is 3.24. The first-order valence-electron chi connectivity index (χ1n) is 5.46. The average Bonchev–Trinajstić information content (AvgIpc) is 2.66. The van der Waals surface area contributed by atoms with E-state index in [1.807, 2.05) is 43.3 Å². The Balaban J connectivity index is 2.38. The van der Waals surface area contributed by atoms with E-state index in [0.717, 1.165) is 27.0 Å². The first kappa shape index (κ1) is 10.5. The summed E-state index contributed by atoms with van der Waals surface area (Å²) in [5.41, 5.74) is 3.29. The van der Waals surface area contributed by atoms with Crippen LogP contribution in [0.2, 0.25) is 0 Å². The number of halogens is 1. The summed E-state index contributed by atoms with van der Waals surface area (Å²) in [6.07, 6.45) is 0. The highest BCUT2D eigenvalue weighted by atomic mass is 79.9. The fourth-order valence-corrected chi connectivity index (χ4v) is 2.55. The van der Waals surface area contributed by atoms with Crippen LogP contribution in [0.4, 0.5) is 0 Å². The van der Waals surface area contributed by atoms with Gasteiger partial charge in [-0.1, -0.05) is 24.3 Å². The van der Waals surface area contributed by atoms with E-state index in [1.54, 1.807) is 0 Å². The van der Waals surface area contributed by atoms with Crippen molar-refractivity contribution in [3.05, 3.63) is 58.8 Å². The van der Waals surface area contributed by atoms with E-state index in [0.29, 0.717) is 0 Å². The summed E-state index contributed by atoms with van der Waals surface area (Å²) in [4.78, 5) is 4.57. The van der Waals surface area contributed by atoms with Crippen LogP contribution in [0.15, 0.2) is 53.0 Å². The third kappa shape index (κ3) is 1.67. The Labute approximate surface area is 108 Å². The normalized spacial score (nSPS) is 10.9. The molecule has 3 aromatic rings. The van der Waals surface area contributed by atoms with E-state index in [2.05, 4.69) is 37.6 Å². The predicted octanol–water partition coefficient (Wildman–Crippen LogP) is 4.10. The SMILES string of the molecule is Cc1nc2ccccc2n1-c1ccccc1Br. The van der Waals surface area contributed by atoms with Gasteiger partial charge in [0.25, 0.3) is 0 Å². The van der Waals surface area contributed by atoms with Crippen LogP contribution in [0, 0.1) is 6.92 Å². The van der Waals surface area contributed by atoms with Crippen molar-refractivity contribution in [2.45, 2.75) is 6.92 Å². The number of benzene rings is 2. The number of aromatic nitrogens is 2. The van der Waals surface area contributed by atoms with Crippen LogP contribution >= 0.6 is 15.9 Å². The molecule has 0 unspecified atom stereocenters. The number of fused-ring (bicyclic) bond motifs is 1.